The highest BCUT2D eigenvalue weighted by Crippen LogP contribution is 2.22. The van der Waals surface area contributed by atoms with Crippen LogP contribution in [-0.2, 0) is 6.42 Å². The first-order valence-electron chi connectivity index (χ1n) is 5.78. The molecule has 5 nitrogen and oxygen atoms in total. The Bertz CT molecular complexity index is 399. The van der Waals surface area contributed by atoms with Gasteiger partial charge in [-0.1, -0.05) is 6.92 Å². The Balaban J connectivity index is 2.23. The topological polar surface area (TPSA) is 75.0 Å². The van der Waals surface area contributed by atoms with Crippen LogP contribution in [0.25, 0.3) is 0 Å². The summed E-state index contributed by atoms with van der Waals surface area (Å²) in [7, 11) is 0. The first-order valence-corrected chi connectivity index (χ1v) is 5.78. The molecule has 0 aromatic carbocycles. The van der Waals surface area contributed by atoms with Crippen LogP contribution in [0.15, 0.2) is 0 Å². The van der Waals surface area contributed by atoms with Gasteiger partial charge in [0.05, 0.1) is 11.4 Å². The lowest BCUT2D eigenvalue weighted by Gasteiger charge is -2.20. The van der Waals surface area contributed by atoms with Gasteiger partial charge in [-0.05, 0) is 26.2 Å². The number of nitrogens with zero attached hydrogens (tertiary/aromatic N) is 2. The number of carbonyl (C=O) groups is 1. The summed E-state index contributed by atoms with van der Waals surface area (Å²) in [6.45, 7) is 4.86. The van der Waals surface area contributed by atoms with Gasteiger partial charge in [0.15, 0.2) is 5.69 Å². The SMILES string of the molecule is CCc1[nH]nc(C(=O)N2CCCC2C)c1N. The molecule has 1 fully saturated rings. The smallest absolute Gasteiger partial charge is 0.276 e. The number of likely N-dealkylation sites (tertiary alicyclic amines) is 1. The summed E-state index contributed by atoms with van der Waals surface area (Å²) >= 11 is 0. The van der Waals surface area contributed by atoms with Crippen LogP contribution in [-0.4, -0.2) is 33.6 Å². The minimum atomic E-state index is -0.0431. The highest BCUT2D eigenvalue weighted by Gasteiger charge is 2.29. The first-order chi connectivity index (χ1) is 7.65. The van der Waals surface area contributed by atoms with Crippen molar-refractivity contribution < 1.29 is 4.79 Å². The third-order valence-electron chi connectivity index (χ3n) is 3.25. The molecule has 1 saturated heterocycles. The van der Waals surface area contributed by atoms with Crippen LogP contribution in [0.5, 0.6) is 0 Å². The number of amides is 1. The molecule has 0 spiro atoms. The number of anilines is 1. The quantitative estimate of drug-likeness (QED) is 0.789. The molecule has 3 N–H and O–H groups in total. The number of hydrogen-bond donors (Lipinski definition) is 2. The highest BCUT2D eigenvalue weighted by atomic mass is 16.2. The normalized spacial score (nSPS) is 20.4. The van der Waals surface area contributed by atoms with E-state index in [1.165, 1.54) is 0 Å². The van der Waals surface area contributed by atoms with E-state index in [2.05, 4.69) is 17.1 Å². The van der Waals surface area contributed by atoms with Crippen molar-refractivity contribution in [3.05, 3.63) is 11.4 Å². The van der Waals surface area contributed by atoms with Crippen molar-refractivity contribution in [1.29, 1.82) is 0 Å². The molecule has 1 amide bonds. The number of aromatic amines is 1. The van der Waals surface area contributed by atoms with Gasteiger partial charge in [-0.15, -0.1) is 0 Å². The number of rotatable bonds is 2. The summed E-state index contributed by atoms with van der Waals surface area (Å²) in [6.07, 6.45) is 2.90. The van der Waals surface area contributed by atoms with Gasteiger partial charge in [-0.25, -0.2) is 0 Å². The van der Waals surface area contributed by atoms with Crippen LogP contribution in [0.4, 0.5) is 5.69 Å². The number of carbonyl (C=O) groups excluding carboxylic acids is 1. The van der Waals surface area contributed by atoms with Gasteiger partial charge in [0.25, 0.3) is 5.91 Å². The highest BCUT2D eigenvalue weighted by molar-refractivity contribution is 5.97. The zero-order chi connectivity index (χ0) is 11.7. The molecule has 2 heterocycles. The minimum Gasteiger partial charge on any atom is -0.395 e. The molecular weight excluding hydrogens is 204 g/mol. The lowest BCUT2D eigenvalue weighted by atomic mass is 10.2. The zero-order valence-corrected chi connectivity index (χ0v) is 9.79. The van der Waals surface area contributed by atoms with E-state index in [9.17, 15) is 4.79 Å². The van der Waals surface area contributed by atoms with Gasteiger partial charge in [0, 0.05) is 12.6 Å². The molecule has 0 bridgehead atoms. The van der Waals surface area contributed by atoms with Crippen LogP contribution >= 0.6 is 0 Å². The molecule has 0 aliphatic carbocycles. The van der Waals surface area contributed by atoms with Gasteiger partial charge < -0.3 is 10.6 Å². The average Bonchev–Trinajstić information content (AvgIpc) is 2.84. The van der Waals surface area contributed by atoms with E-state index in [4.69, 9.17) is 5.73 Å². The number of aromatic nitrogens is 2. The van der Waals surface area contributed by atoms with Crippen molar-refractivity contribution in [3.63, 3.8) is 0 Å². The Hall–Kier alpha value is -1.52. The predicted molar refractivity (Wildman–Crippen MR) is 62.1 cm³/mol. The van der Waals surface area contributed by atoms with E-state index >= 15 is 0 Å². The second-order valence-electron chi connectivity index (χ2n) is 4.31. The summed E-state index contributed by atoms with van der Waals surface area (Å²) in [5.41, 5.74) is 7.62. The number of H-pyrrole nitrogens is 1. The van der Waals surface area contributed by atoms with E-state index in [1.54, 1.807) is 0 Å². The second kappa shape index (κ2) is 4.15. The number of aryl methyl sites for hydroxylation is 1. The van der Waals surface area contributed by atoms with Gasteiger partial charge in [0.2, 0.25) is 0 Å². The van der Waals surface area contributed by atoms with Crippen LogP contribution in [0, 0.1) is 0 Å². The lowest BCUT2D eigenvalue weighted by Crippen LogP contribution is -2.34. The molecule has 16 heavy (non-hydrogen) atoms. The fourth-order valence-electron chi connectivity index (χ4n) is 2.19. The van der Waals surface area contributed by atoms with Crippen LogP contribution in [0.1, 0.15) is 42.9 Å². The summed E-state index contributed by atoms with van der Waals surface area (Å²) in [4.78, 5) is 14.0. The molecular formula is C11H18N4O. The van der Waals surface area contributed by atoms with E-state index in [0.29, 0.717) is 17.4 Å². The number of nitrogens with two attached hydrogens (primary N) is 1. The van der Waals surface area contributed by atoms with Crippen LogP contribution < -0.4 is 5.73 Å². The Morgan fingerprint density at radius 2 is 2.44 bits per heavy atom. The van der Waals surface area contributed by atoms with Crippen molar-refractivity contribution in [3.8, 4) is 0 Å². The van der Waals surface area contributed by atoms with Crippen LogP contribution in [0.3, 0.4) is 0 Å². The number of nitrogens with one attached hydrogen (secondary N) is 1. The van der Waals surface area contributed by atoms with Crippen molar-refractivity contribution in [2.45, 2.75) is 39.2 Å². The van der Waals surface area contributed by atoms with Crippen molar-refractivity contribution in [2.24, 2.45) is 0 Å². The fraction of sp³-hybridized carbons (Fsp3) is 0.636. The summed E-state index contributed by atoms with van der Waals surface area (Å²) in [5, 5.41) is 6.84. The van der Waals surface area contributed by atoms with Crippen molar-refractivity contribution in [2.75, 3.05) is 12.3 Å². The van der Waals surface area contributed by atoms with E-state index in [-0.39, 0.29) is 5.91 Å². The van der Waals surface area contributed by atoms with Gasteiger partial charge in [0.1, 0.15) is 0 Å². The van der Waals surface area contributed by atoms with Gasteiger partial charge >= 0.3 is 0 Å². The van der Waals surface area contributed by atoms with E-state index in [1.807, 2.05) is 11.8 Å². The Morgan fingerprint density at radius 1 is 1.69 bits per heavy atom. The first kappa shape index (κ1) is 11.0. The maximum Gasteiger partial charge on any atom is 0.276 e. The van der Waals surface area contributed by atoms with Gasteiger partial charge in [-0.2, -0.15) is 5.10 Å². The zero-order valence-electron chi connectivity index (χ0n) is 9.79. The summed E-state index contributed by atoms with van der Waals surface area (Å²) in [5.74, 6) is -0.0431. The molecule has 5 heteroatoms. The molecule has 1 aliphatic heterocycles. The molecule has 1 aromatic heterocycles. The maximum absolute atomic E-state index is 12.2. The standard InChI is InChI=1S/C11H18N4O/c1-3-8-9(12)10(14-13-8)11(16)15-6-4-5-7(15)2/h7H,3-6,12H2,1-2H3,(H,13,14). The molecule has 1 atom stereocenters. The van der Waals surface area contributed by atoms with Crippen molar-refractivity contribution in [1.82, 2.24) is 15.1 Å². The fourth-order valence-corrected chi connectivity index (χ4v) is 2.19. The van der Waals surface area contributed by atoms with Crippen molar-refractivity contribution >= 4 is 11.6 Å². The molecule has 0 saturated carbocycles. The lowest BCUT2D eigenvalue weighted by molar-refractivity contribution is 0.0742. The Morgan fingerprint density at radius 3 is 2.94 bits per heavy atom. The predicted octanol–water partition coefficient (Wildman–Crippen LogP) is 1.18. The minimum absolute atomic E-state index is 0.0431. The van der Waals surface area contributed by atoms with E-state index < -0.39 is 0 Å². The number of nitrogen functional groups attached to an aromatic ring is 1. The van der Waals surface area contributed by atoms with Gasteiger partial charge in [-0.3, -0.25) is 9.89 Å². The molecule has 0 radical (unpaired) electrons. The van der Waals surface area contributed by atoms with E-state index in [0.717, 1.165) is 31.5 Å². The molecule has 1 unspecified atom stereocenters. The average molecular weight is 222 g/mol. The monoisotopic (exact) mass is 222 g/mol. The third-order valence-corrected chi connectivity index (χ3v) is 3.25. The molecule has 2 rings (SSSR count). The maximum atomic E-state index is 12.2. The number of hydrogen-bond acceptors (Lipinski definition) is 3. The molecule has 1 aliphatic rings. The largest absolute Gasteiger partial charge is 0.395 e. The summed E-state index contributed by atoms with van der Waals surface area (Å²) < 4.78 is 0. The third kappa shape index (κ3) is 1.66. The Labute approximate surface area is 95.0 Å². The van der Waals surface area contributed by atoms with Crippen LogP contribution in [0.2, 0.25) is 0 Å². The summed E-state index contributed by atoms with van der Waals surface area (Å²) in [6, 6.07) is 0.300. The molecule has 88 valence electrons. The molecule has 1 aromatic rings. The second-order valence-corrected chi connectivity index (χ2v) is 4.31. The Kier molecular flexibility index (Phi) is 2.85.